The second kappa shape index (κ2) is 3.85. The molecule has 0 bridgehead atoms. The summed E-state index contributed by atoms with van der Waals surface area (Å²) in [5.74, 6) is 1.41. The molecule has 0 radical (unpaired) electrons. The molecule has 0 saturated heterocycles. The Morgan fingerprint density at radius 1 is 1.33 bits per heavy atom. The van der Waals surface area contributed by atoms with E-state index in [2.05, 4.69) is 26.5 Å². The van der Waals surface area contributed by atoms with E-state index in [4.69, 9.17) is 8.83 Å². The largest absolute Gasteiger partial charge is 0.519 e. The van der Waals surface area contributed by atoms with E-state index in [1.165, 1.54) is 0 Å². The topological polar surface area (TPSA) is 43.4 Å². The standard InChI is InChI=1S/C8H12O3S/c1-5(2)3-6-7(4-12)11-8(9)10-6/h5,12H,3-4H2,1-2H3. The quantitative estimate of drug-likeness (QED) is 0.736. The van der Waals surface area contributed by atoms with Gasteiger partial charge in [0, 0.05) is 6.42 Å². The highest BCUT2D eigenvalue weighted by Gasteiger charge is 2.12. The van der Waals surface area contributed by atoms with Crippen LogP contribution in [0.15, 0.2) is 13.6 Å². The first-order chi connectivity index (χ1) is 5.63. The van der Waals surface area contributed by atoms with Crippen molar-refractivity contribution < 1.29 is 8.83 Å². The Labute approximate surface area is 76.2 Å². The van der Waals surface area contributed by atoms with Gasteiger partial charge in [-0.15, -0.1) is 0 Å². The maximum absolute atomic E-state index is 10.7. The van der Waals surface area contributed by atoms with Crippen LogP contribution in [0.3, 0.4) is 0 Å². The van der Waals surface area contributed by atoms with Gasteiger partial charge in [0.1, 0.15) is 0 Å². The Bertz CT molecular complexity index is 297. The van der Waals surface area contributed by atoms with Crippen molar-refractivity contribution in [2.75, 3.05) is 0 Å². The van der Waals surface area contributed by atoms with E-state index in [9.17, 15) is 4.79 Å². The van der Waals surface area contributed by atoms with E-state index >= 15 is 0 Å². The fraction of sp³-hybridized carbons (Fsp3) is 0.625. The Kier molecular flexibility index (Phi) is 3.03. The molecule has 0 spiro atoms. The summed E-state index contributed by atoms with van der Waals surface area (Å²) >= 11 is 4.02. The van der Waals surface area contributed by atoms with Gasteiger partial charge in [0.25, 0.3) is 0 Å². The summed E-state index contributed by atoms with van der Waals surface area (Å²) in [4.78, 5) is 10.7. The van der Waals surface area contributed by atoms with Gasteiger partial charge in [0.05, 0.1) is 5.75 Å². The van der Waals surface area contributed by atoms with Crippen LogP contribution in [0.1, 0.15) is 25.4 Å². The average molecular weight is 188 g/mol. The highest BCUT2D eigenvalue weighted by atomic mass is 32.1. The van der Waals surface area contributed by atoms with E-state index in [-0.39, 0.29) is 0 Å². The maximum Gasteiger partial charge on any atom is 0.519 e. The molecule has 0 N–H and O–H groups in total. The van der Waals surface area contributed by atoms with Crippen LogP contribution in [0.25, 0.3) is 0 Å². The van der Waals surface area contributed by atoms with Crippen LogP contribution in [0.2, 0.25) is 0 Å². The van der Waals surface area contributed by atoms with Crippen LogP contribution < -0.4 is 5.82 Å². The summed E-state index contributed by atoms with van der Waals surface area (Å²) in [5, 5.41) is 0. The molecule has 68 valence electrons. The lowest BCUT2D eigenvalue weighted by molar-refractivity contribution is 0.364. The first-order valence-electron chi connectivity index (χ1n) is 3.86. The van der Waals surface area contributed by atoms with E-state index in [0.29, 0.717) is 23.2 Å². The molecule has 0 amide bonds. The molecule has 0 atom stereocenters. The zero-order chi connectivity index (χ0) is 9.14. The molecule has 0 aliphatic carbocycles. The van der Waals surface area contributed by atoms with Crippen molar-refractivity contribution in [3.63, 3.8) is 0 Å². The minimum Gasteiger partial charge on any atom is -0.396 e. The third kappa shape index (κ3) is 2.17. The fourth-order valence-electron chi connectivity index (χ4n) is 0.983. The van der Waals surface area contributed by atoms with Gasteiger partial charge in [-0.05, 0) is 5.92 Å². The lowest BCUT2D eigenvalue weighted by Gasteiger charge is -1.99. The predicted octanol–water partition coefficient (Wildman–Crippen LogP) is 1.86. The van der Waals surface area contributed by atoms with Crippen LogP contribution in [-0.4, -0.2) is 0 Å². The molecule has 1 aromatic rings. The van der Waals surface area contributed by atoms with Gasteiger partial charge < -0.3 is 8.83 Å². The van der Waals surface area contributed by atoms with Crippen molar-refractivity contribution in [1.82, 2.24) is 0 Å². The summed E-state index contributed by atoms with van der Waals surface area (Å²) in [5.41, 5.74) is 0. The summed E-state index contributed by atoms with van der Waals surface area (Å²) in [6.45, 7) is 4.10. The molecule has 1 rings (SSSR count). The predicted molar refractivity (Wildman–Crippen MR) is 48.5 cm³/mol. The van der Waals surface area contributed by atoms with Crippen LogP contribution in [0.5, 0.6) is 0 Å². The van der Waals surface area contributed by atoms with Crippen molar-refractivity contribution in [2.24, 2.45) is 5.92 Å². The first-order valence-corrected chi connectivity index (χ1v) is 4.49. The van der Waals surface area contributed by atoms with Crippen molar-refractivity contribution in [3.05, 3.63) is 22.1 Å². The molecular formula is C8H12O3S. The van der Waals surface area contributed by atoms with Crippen molar-refractivity contribution >= 4 is 12.6 Å². The van der Waals surface area contributed by atoms with Gasteiger partial charge in [-0.1, -0.05) is 13.8 Å². The van der Waals surface area contributed by atoms with Gasteiger partial charge in [0.2, 0.25) is 0 Å². The van der Waals surface area contributed by atoms with Crippen molar-refractivity contribution in [2.45, 2.75) is 26.0 Å². The zero-order valence-corrected chi connectivity index (χ0v) is 8.06. The van der Waals surface area contributed by atoms with Gasteiger partial charge in [0.15, 0.2) is 11.5 Å². The van der Waals surface area contributed by atoms with Crippen LogP contribution in [0, 0.1) is 5.92 Å². The smallest absolute Gasteiger partial charge is 0.396 e. The molecule has 0 aliphatic heterocycles. The van der Waals surface area contributed by atoms with E-state index in [1.54, 1.807) is 0 Å². The summed E-state index contributed by atoms with van der Waals surface area (Å²) in [6.07, 6.45) is 0.724. The number of hydrogen-bond donors (Lipinski definition) is 1. The molecule has 0 fully saturated rings. The van der Waals surface area contributed by atoms with Crippen LogP contribution in [0.4, 0.5) is 0 Å². The normalized spacial score (nSPS) is 11.0. The zero-order valence-electron chi connectivity index (χ0n) is 7.16. The van der Waals surface area contributed by atoms with Crippen LogP contribution in [-0.2, 0) is 12.2 Å². The lowest BCUT2D eigenvalue weighted by Crippen LogP contribution is -1.95. The molecule has 1 aromatic heterocycles. The van der Waals surface area contributed by atoms with Crippen molar-refractivity contribution in [3.8, 4) is 0 Å². The van der Waals surface area contributed by atoms with Gasteiger partial charge in [-0.2, -0.15) is 12.6 Å². The maximum atomic E-state index is 10.7. The molecule has 4 heteroatoms. The molecular weight excluding hydrogens is 176 g/mol. The van der Waals surface area contributed by atoms with Gasteiger partial charge in [-0.25, -0.2) is 4.79 Å². The molecule has 3 nitrogen and oxygen atoms in total. The minimum absolute atomic E-state index is 0.411. The number of hydrogen-bond acceptors (Lipinski definition) is 4. The molecule has 0 unspecified atom stereocenters. The molecule has 12 heavy (non-hydrogen) atoms. The van der Waals surface area contributed by atoms with Gasteiger partial charge in [-0.3, -0.25) is 0 Å². The molecule has 0 saturated carbocycles. The summed E-state index contributed by atoms with van der Waals surface area (Å²) < 4.78 is 9.61. The Morgan fingerprint density at radius 2 is 1.92 bits per heavy atom. The van der Waals surface area contributed by atoms with Crippen LogP contribution >= 0.6 is 12.6 Å². The van der Waals surface area contributed by atoms with Crippen molar-refractivity contribution in [1.29, 1.82) is 0 Å². The monoisotopic (exact) mass is 188 g/mol. The summed E-state index contributed by atoms with van der Waals surface area (Å²) in [6, 6.07) is 0. The first kappa shape index (κ1) is 9.45. The second-order valence-electron chi connectivity index (χ2n) is 3.06. The number of rotatable bonds is 3. The average Bonchev–Trinajstić information content (AvgIpc) is 2.29. The van der Waals surface area contributed by atoms with E-state index in [1.807, 2.05) is 0 Å². The SMILES string of the molecule is CC(C)Cc1oc(=O)oc1CS. The van der Waals surface area contributed by atoms with Gasteiger partial charge >= 0.3 is 5.82 Å². The Hall–Kier alpha value is -0.640. The minimum atomic E-state index is -0.630. The lowest BCUT2D eigenvalue weighted by atomic mass is 10.1. The molecule has 0 aromatic carbocycles. The second-order valence-corrected chi connectivity index (χ2v) is 3.37. The molecule has 0 aliphatic rings. The van der Waals surface area contributed by atoms with E-state index < -0.39 is 5.82 Å². The number of thiol groups is 1. The Balaban J connectivity index is 2.89. The fourth-order valence-corrected chi connectivity index (χ4v) is 1.22. The third-order valence-electron chi connectivity index (χ3n) is 1.46. The van der Waals surface area contributed by atoms with E-state index in [0.717, 1.165) is 6.42 Å². The highest BCUT2D eigenvalue weighted by Crippen LogP contribution is 2.13. The highest BCUT2D eigenvalue weighted by molar-refractivity contribution is 7.79. The summed E-state index contributed by atoms with van der Waals surface area (Å²) in [7, 11) is 0. The molecule has 1 heterocycles. The third-order valence-corrected chi connectivity index (χ3v) is 1.75. The Morgan fingerprint density at radius 3 is 2.42 bits per heavy atom.